The summed E-state index contributed by atoms with van der Waals surface area (Å²) in [5.41, 5.74) is 1.87. The Kier molecular flexibility index (Phi) is 4.90. The maximum Gasteiger partial charge on any atom is 0.200 e. The number of ketones is 2. The Bertz CT molecular complexity index is 1270. The van der Waals surface area contributed by atoms with Crippen LogP contribution >= 0.6 is 0 Å². The number of carbonyl (C=O) groups is 2. The van der Waals surface area contributed by atoms with Gasteiger partial charge < -0.3 is 20.8 Å². The van der Waals surface area contributed by atoms with Crippen LogP contribution < -0.4 is 10.6 Å². The topological polar surface area (TPSA) is 98.7 Å². The van der Waals surface area contributed by atoms with Crippen molar-refractivity contribution in [1.82, 2.24) is 0 Å². The molecule has 3 aliphatic carbocycles. The molecule has 0 bridgehead atoms. The van der Waals surface area contributed by atoms with Crippen LogP contribution in [0.25, 0.3) is 0 Å². The minimum absolute atomic E-state index is 0.0334. The van der Waals surface area contributed by atoms with E-state index in [1.54, 1.807) is 12.1 Å². The van der Waals surface area contributed by atoms with E-state index in [0.29, 0.717) is 11.4 Å². The van der Waals surface area contributed by atoms with E-state index < -0.39 is 11.6 Å². The first-order chi connectivity index (χ1) is 15.5. The summed E-state index contributed by atoms with van der Waals surface area (Å²) in [7, 11) is 0. The van der Waals surface area contributed by atoms with Gasteiger partial charge >= 0.3 is 0 Å². The van der Waals surface area contributed by atoms with Crippen LogP contribution in [-0.2, 0) is 0 Å². The van der Waals surface area contributed by atoms with Crippen LogP contribution in [0.4, 0.5) is 11.4 Å². The molecule has 1 unspecified atom stereocenters. The Morgan fingerprint density at radius 1 is 0.781 bits per heavy atom. The lowest BCUT2D eigenvalue weighted by molar-refractivity contribution is 0.0975. The zero-order valence-corrected chi connectivity index (χ0v) is 17.3. The van der Waals surface area contributed by atoms with Gasteiger partial charge in [-0.1, -0.05) is 36.5 Å². The highest BCUT2D eigenvalue weighted by atomic mass is 16.3. The molecule has 0 aromatic heterocycles. The first-order valence-corrected chi connectivity index (χ1v) is 10.6. The van der Waals surface area contributed by atoms with Crippen LogP contribution in [0.1, 0.15) is 51.1 Å². The lowest BCUT2D eigenvalue weighted by atomic mass is 9.81. The molecule has 0 amide bonds. The van der Waals surface area contributed by atoms with Gasteiger partial charge in [-0.25, -0.2) is 0 Å². The van der Waals surface area contributed by atoms with Gasteiger partial charge in [-0.15, -0.1) is 0 Å². The van der Waals surface area contributed by atoms with Crippen molar-refractivity contribution in [3.8, 4) is 11.5 Å². The van der Waals surface area contributed by atoms with Crippen LogP contribution in [0.3, 0.4) is 0 Å². The number of fused-ring (bicyclic) bond motifs is 2. The molecule has 160 valence electrons. The summed E-state index contributed by atoms with van der Waals surface area (Å²) in [6, 6.07) is 5.96. The number of phenols is 2. The standard InChI is InChI=1S/C26H22N2O4/c29-19-13-14-20(30)24-23(19)25(31)21-17(27-15-7-3-1-4-8-15)11-12-18(22(21)26(24)32)28-16-9-5-2-6-10-16/h1,3-5,7,9-15,27-30H,2,6,8H2. The molecule has 1 atom stereocenters. The van der Waals surface area contributed by atoms with Crippen molar-refractivity contribution in [2.75, 3.05) is 10.6 Å². The average molecular weight is 426 g/mol. The summed E-state index contributed by atoms with van der Waals surface area (Å²) in [5.74, 6) is -1.67. The largest absolute Gasteiger partial charge is 0.507 e. The lowest BCUT2D eigenvalue weighted by Gasteiger charge is -2.26. The Hall–Kier alpha value is -4.06. The maximum atomic E-state index is 13.6. The zero-order chi connectivity index (χ0) is 22.2. The fourth-order valence-electron chi connectivity index (χ4n) is 4.34. The quantitative estimate of drug-likeness (QED) is 0.447. The minimum Gasteiger partial charge on any atom is -0.507 e. The monoisotopic (exact) mass is 426 g/mol. The Balaban J connectivity index is 1.67. The summed E-state index contributed by atoms with van der Waals surface area (Å²) in [4.78, 5) is 27.2. The number of carbonyl (C=O) groups excluding carboxylic acids is 2. The van der Waals surface area contributed by atoms with Crippen molar-refractivity contribution in [2.24, 2.45) is 0 Å². The minimum atomic E-state index is -0.506. The van der Waals surface area contributed by atoms with Gasteiger partial charge in [0.2, 0.25) is 11.6 Å². The molecule has 2 aromatic rings. The predicted octanol–water partition coefficient (Wildman–Crippen LogP) is 4.82. The molecule has 0 aliphatic heterocycles. The third kappa shape index (κ3) is 3.30. The number of benzene rings is 2. The van der Waals surface area contributed by atoms with Crippen LogP contribution in [0, 0.1) is 0 Å². The average Bonchev–Trinajstić information content (AvgIpc) is 2.81. The second-order valence-corrected chi connectivity index (χ2v) is 7.99. The normalized spacial score (nSPS) is 18.8. The zero-order valence-electron chi connectivity index (χ0n) is 17.3. The highest BCUT2D eigenvalue weighted by molar-refractivity contribution is 6.33. The highest BCUT2D eigenvalue weighted by Gasteiger charge is 2.38. The maximum absolute atomic E-state index is 13.6. The van der Waals surface area contributed by atoms with Crippen molar-refractivity contribution >= 4 is 22.9 Å². The van der Waals surface area contributed by atoms with Gasteiger partial charge in [-0.3, -0.25) is 9.59 Å². The molecule has 32 heavy (non-hydrogen) atoms. The number of aromatic hydroxyl groups is 2. The summed E-state index contributed by atoms with van der Waals surface area (Å²) >= 11 is 0. The van der Waals surface area contributed by atoms with Gasteiger partial charge in [0.15, 0.2) is 0 Å². The van der Waals surface area contributed by atoms with E-state index >= 15 is 0 Å². The van der Waals surface area contributed by atoms with Gasteiger partial charge in [0.05, 0.1) is 27.9 Å². The number of phenolic OH excluding ortho intramolecular Hbond substituents is 2. The molecule has 0 fully saturated rings. The molecule has 6 heteroatoms. The molecule has 0 radical (unpaired) electrons. The van der Waals surface area contributed by atoms with E-state index in [4.69, 9.17) is 0 Å². The molecule has 0 saturated carbocycles. The van der Waals surface area contributed by atoms with Gasteiger partial charge in [0.1, 0.15) is 11.5 Å². The molecule has 0 spiro atoms. The van der Waals surface area contributed by atoms with E-state index in [0.717, 1.165) is 25.0 Å². The van der Waals surface area contributed by atoms with Crippen LogP contribution in [0.15, 0.2) is 72.5 Å². The summed E-state index contributed by atoms with van der Waals surface area (Å²) in [6.07, 6.45) is 16.5. The summed E-state index contributed by atoms with van der Waals surface area (Å²) in [6.45, 7) is 0. The first kappa shape index (κ1) is 19.9. The van der Waals surface area contributed by atoms with Crippen LogP contribution in [-0.4, -0.2) is 27.8 Å². The predicted molar refractivity (Wildman–Crippen MR) is 123 cm³/mol. The van der Waals surface area contributed by atoms with E-state index in [1.807, 2.05) is 42.5 Å². The molecular formula is C26H22N2O4. The first-order valence-electron chi connectivity index (χ1n) is 10.6. The fraction of sp³-hybridized carbons (Fsp3) is 0.154. The smallest absolute Gasteiger partial charge is 0.200 e. The number of hydrogen-bond acceptors (Lipinski definition) is 6. The number of allylic oxidation sites excluding steroid dienone is 5. The van der Waals surface area contributed by atoms with Gasteiger partial charge in [0, 0.05) is 17.4 Å². The molecule has 0 heterocycles. The third-order valence-electron chi connectivity index (χ3n) is 5.87. The second kappa shape index (κ2) is 7.89. The number of nitrogens with one attached hydrogen (secondary N) is 2. The molecule has 3 aliphatic rings. The van der Waals surface area contributed by atoms with Gasteiger partial charge in [-0.2, -0.15) is 0 Å². The number of rotatable bonds is 4. The Morgan fingerprint density at radius 3 is 2.09 bits per heavy atom. The SMILES string of the molecule is O=C1c2c(O)ccc(O)c2C(=O)c2c(NC3C=CC=CC3)ccc(NC3=CCCC=C3)c21. The molecule has 5 rings (SSSR count). The van der Waals surface area contributed by atoms with Crippen molar-refractivity contribution in [2.45, 2.75) is 25.3 Å². The molecule has 4 N–H and O–H groups in total. The van der Waals surface area contributed by atoms with E-state index in [-0.39, 0.29) is 39.8 Å². The molecule has 0 saturated heterocycles. The Labute approximate surface area is 185 Å². The van der Waals surface area contributed by atoms with Crippen molar-refractivity contribution in [3.63, 3.8) is 0 Å². The Morgan fingerprint density at radius 2 is 1.47 bits per heavy atom. The van der Waals surface area contributed by atoms with Gasteiger partial charge in [0.25, 0.3) is 0 Å². The van der Waals surface area contributed by atoms with E-state index in [9.17, 15) is 19.8 Å². The number of hydrogen-bond donors (Lipinski definition) is 4. The van der Waals surface area contributed by atoms with E-state index in [1.165, 1.54) is 12.1 Å². The second-order valence-electron chi connectivity index (χ2n) is 7.99. The lowest BCUT2D eigenvalue weighted by Crippen LogP contribution is -2.26. The summed E-state index contributed by atoms with van der Waals surface area (Å²) in [5, 5.41) is 27.4. The van der Waals surface area contributed by atoms with Crippen molar-refractivity contribution < 1.29 is 19.8 Å². The van der Waals surface area contributed by atoms with Gasteiger partial charge in [-0.05, 0) is 49.6 Å². The molecule has 6 nitrogen and oxygen atoms in total. The molecular weight excluding hydrogens is 404 g/mol. The third-order valence-corrected chi connectivity index (χ3v) is 5.87. The van der Waals surface area contributed by atoms with E-state index in [2.05, 4.69) is 10.6 Å². The fourth-order valence-corrected chi connectivity index (χ4v) is 4.34. The summed E-state index contributed by atoms with van der Waals surface area (Å²) < 4.78 is 0. The van der Waals surface area contributed by atoms with Crippen LogP contribution in [0.2, 0.25) is 0 Å². The highest BCUT2D eigenvalue weighted by Crippen LogP contribution is 2.43. The molecule has 2 aromatic carbocycles. The van der Waals surface area contributed by atoms with Crippen molar-refractivity contribution in [3.05, 3.63) is 94.7 Å². The number of anilines is 2. The van der Waals surface area contributed by atoms with Crippen LogP contribution in [0.5, 0.6) is 11.5 Å². The van der Waals surface area contributed by atoms with Crippen molar-refractivity contribution in [1.29, 1.82) is 0 Å².